The molecule has 0 radical (unpaired) electrons. The van der Waals surface area contributed by atoms with Crippen LogP contribution in [-0.4, -0.2) is 16.8 Å². The highest BCUT2D eigenvalue weighted by Crippen LogP contribution is 2.10. The molecule has 0 aromatic heterocycles. The number of amides is 2. The lowest BCUT2D eigenvalue weighted by molar-refractivity contribution is -0.138. The molecule has 4 heteroatoms. The Hall–Kier alpha value is -1.58. The summed E-state index contributed by atoms with van der Waals surface area (Å²) in [4.78, 5) is 24.4. The summed E-state index contributed by atoms with van der Waals surface area (Å²) in [7, 11) is 0. The van der Waals surface area contributed by atoms with Gasteiger partial charge in [0.25, 0.3) is 0 Å². The number of nitrogens with zero attached hydrogens (tertiary/aromatic N) is 1. The zero-order valence-corrected chi connectivity index (χ0v) is 22.2. The molecule has 0 aliphatic carbocycles. The molecule has 0 rings (SSSR count). The summed E-state index contributed by atoms with van der Waals surface area (Å²) < 4.78 is 0. The minimum Gasteiger partial charge on any atom is -0.273 e. The zero-order valence-electron chi connectivity index (χ0n) is 22.2. The number of allylic oxidation sites excluding steroid dienone is 3. The van der Waals surface area contributed by atoms with E-state index < -0.39 is 0 Å². The first-order valence-corrected chi connectivity index (χ1v) is 14.1. The van der Waals surface area contributed by atoms with Crippen molar-refractivity contribution in [3.8, 4) is 0 Å². The SMILES string of the molecule is CCCCCCC/C=C\CCCCC/C=C\N(NC(=O)CC)C(=O)CCCCCCCCC. The van der Waals surface area contributed by atoms with Crippen molar-refractivity contribution in [2.75, 3.05) is 0 Å². The van der Waals surface area contributed by atoms with E-state index in [0.717, 1.165) is 32.1 Å². The zero-order chi connectivity index (χ0) is 24.4. The van der Waals surface area contributed by atoms with Crippen molar-refractivity contribution in [2.45, 2.75) is 149 Å². The Morgan fingerprint density at radius 2 is 1.06 bits per heavy atom. The number of hydrogen-bond donors (Lipinski definition) is 1. The fourth-order valence-electron chi connectivity index (χ4n) is 3.73. The van der Waals surface area contributed by atoms with Crippen molar-refractivity contribution >= 4 is 11.8 Å². The van der Waals surface area contributed by atoms with Crippen LogP contribution in [0.5, 0.6) is 0 Å². The van der Waals surface area contributed by atoms with E-state index in [2.05, 4.69) is 31.4 Å². The average Bonchev–Trinajstić information content (AvgIpc) is 2.82. The summed E-state index contributed by atoms with van der Waals surface area (Å²) >= 11 is 0. The van der Waals surface area contributed by atoms with Crippen molar-refractivity contribution in [1.29, 1.82) is 0 Å². The third-order valence-electron chi connectivity index (χ3n) is 5.97. The van der Waals surface area contributed by atoms with Gasteiger partial charge < -0.3 is 0 Å². The van der Waals surface area contributed by atoms with Gasteiger partial charge in [-0.1, -0.05) is 110 Å². The van der Waals surface area contributed by atoms with Crippen molar-refractivity contribution < 1.29 is 9.59 Å². The van der Waals surface area contributed by atoms with E-state index in [1.807, 2.05) is 6.08 Å². The van der Waals surface area contributed by atoms with Crippen LogP contribution in [0.4, 0.5) is 0 Å². The normalized spacial score (nSPS) is 11.5. The molecule has 0 aliphatic rings. The molecule has 4 nitrogen and oxygen atoms in total. The first kappa shape index (κ1) is 31.4. The topological polar surface area (TPSA) is 49.4 Å². The first-order valence-electron chi connectivity index (χ1n) is 14.1. The van der Waals surface area contributed by atoms with Crippen LogP contribution < -0.4 is 5.43 Å². The lowest BCUT2D eigenvalue weighted by Gasteiger charge is -2.19. The standard InChI is InChI=1S/C29H54N2O2/c1-4-7-9-11-13-14-15-16-17-18-19-21-23-25-27-31(30-28(32)6-3)29(33)26-24-22-20-12-10-8-5-2/h15-16,25,27H,4-14,17-24,26H2,1-3H3,(H,30,32)/b16-15-,27-25-. The second-order valence-corrected chi connectivity index (χ2v) is 9.22. The van der Waals surface area contributed by atoms with Gasteiger partial charge >= 0.3 is 0 Å². The predicted molar refractivity (Wildman–Crippen MR) is 143 cm³/mol. The molecule has 0 atom stereocenters. The molecule has 0 aliphatic heterocycles. The van der Waals surface area contributed by atoms with Crippen molar-refractivity contribution in [3.05, 3.63) is 24.4 Å². The molecule has 0 unspecified atom stereocenters. The Balaban J connectivity index is 3.99. The quantitative estimate of drug-likeness (QED) is 0.0992. The maximum absolute atomic E-state index is 12.5. The van der Waals surface area contributed by atoms with Crippen molar-refractivity contribution in [1.82, 2.24) is 10.4 Å². The lowest BCUT2D eigenvalue weighted by Crippen LogP contribution is -2.42. The molecule has 2 amide bonds. The maximum atomic E-state index is 12.5. The van der Waals surface area contributed by atoms with Gasteiger partial charge in [0.05, 0.1) is 0 Å². The fraction of sp³-hybridized carbons (Fsp3) is 0.793. The molecule has 0 bridgehead atoms. The Labute approximate surface area is 205 Å². The molecule has 0 heterocycles. The average molecular weight is 463 g/mol. The molecule has 192 valence electrons. The molecule has 0 fully saturated rings. The molecular formula is C29H54N2O2. The molecule has 0 saturated heterocycles. The first-order chi connectivity index (χ1) is 16.2. The van der Waals surface area contributed by atoms with E-state index in [9.17, 15) is 9.59 Å². The number of carbonyl (C=O) groups excluding carboxylic acids is 2. The monoisotopic (exact) mass is 462 g/mol. The van der Waals surface area contributed by atoms with Crippen LogP contribution in [-0.2, 0) is 9.59 Å². The van der Waals surface area contributed by atoms with Crippen LogP contribution in [0.2, 0.25) is 0 Å². The highest BCUT2D eigenvalue weighted by molar-refractivity contribution is 5.82. The van der Waals surface area contributed by atoms with Crippen molar-refractivity contribution in [2.24, 2.45) is 0 Å². The summed E-state index contributed by atoms with van der Waals surface area (Å²) in [6.07, 6.45) is 31.2. The van der Waals surface area contributed by atoms with E-state index in [1.165, 1.54) is 88.5 Å². The Morgan fingerprint density at radius 1 is 0.606 bits per heavy atom. The maximum Gasteiger partial charge on any atom is 0.245 e. The summed E-state index contributed by atoms with van der Waals surface area (Å²) in [6.45, 7) is 6.28. The van der Waals surface area contributed by atoms with E-state index in [0.29, 0.717) is 12.8 Å². The smallest absolute Gasteiger partial charge is 0.245 e. The van der Waals surface area contributed by atoms with Crippen LogP contribution >= 0.6 is 0 Å². The molecule has 0 aromatic rings. The highest BCUT2D eigenvalue weighted by atomic mass is 16.2. The van der Waals surface area contributed by atoms with E-state index in [4.69, 9.17) is 0 Å². The van der Waals surface area contributed by atoms with Crippen LogP contribution in [0.1, 0.15) is 149 Å². The molecule has 0 saturated carbocycles. The van der Waals surface area contributed by atoms with Gasteiger partial charge in [-0.3, -0.25) is 15.0 Å². The number of nitrogens with one attached hydrogen (secondary N) is 1. The third kappa shape index (κ3) is 22.0. The number of rotatable bonds is 22. The molecule has 33 heavy (non-hydrogen) atoms. The Bertz CT molecular complexity index is 514. The third-order valence-corrected chi connectivity index (χ3v) is 5.97. The predicted octanol–water partition coefficient (Wildman–Crippen LogP) is 8.78. The van der Waals surface area contributed by atoms with E-state index in [1.54, 1.807) is 13.1 Å². The number of hydrazine groups is 1. The van der Waals surface area contributed by atoms with Gasteiger partial charge in [-0.05, 0) is 44.9 Å². The molecule has 1 N–H and O–H groups in total. The van der Waals surface area contributed by atoms with Crippen LogP contribution in [0.3, 0.4) is 0 Å². The number of carbonyl (C=O) groups is 2. The van der Waals surface area contributed by atoms with Gasteiger partial charge in [0, 0.05) is 19.0 Å². The molecular weight excluding hydrogens is 408 g/mol. The minimum absolute atomic E-state index is 0.0126. The van der Waals surface area contributed by atoms with Gasteiger partial charge in [-0.25, -0.2) is 5.01 Å². The number of unbranched alkanes of at least 4 members (excludes halogenated alkanes) is 15. The van der Waals surface area contributed by atoms with Crippen molar-refractivity contribution in [3.63, 3.8) is 0 Å². The second kappa shape index (κ2) is 25.1. The Morgan fingerprint density at radius 3 is 1.61 bits per heavy atom. The fourth-order valence-corrected chi connectivity index (χ4v) is 3.73. The van der Waals surface area contributed by atoms with E-state index in [-0.39, 0.29) is 11.8 Å². The van der Waals surface area contributed by atoms with Gasteiger partial charge in [0.1, 0.15) is 0 Å². The summed E-state index contributed by atoms with van der Waals surface area (Å²) in [5, 5.41) is 1.41. The molecule has 0 spiro atoms. The summed E-state index contributed by atoms with van der Waals surface area (Å²) in [5.41, 5.74) is 2.73. The second-order valence-electron chi connectivity index (χ2n) is 9.22. The van der Waals surface area contributed by atoms with Crippen LogP contribution in [0, 0.1) is 0 Å². The van der Waals surface area contributed by atoms with Gasteiger partial charge in [0.2, 0.25) is 11.8 Å². The number of hydrogen-bond acceptors (Lipinski definition) is 2. The van der Waals surface area contributed by atoms with Gasteiger partial charge in [0.15, 0.2) is 0 Å². The largest absolute Gasteiger partial charge is 0.273 e. The van der Waals surface area contributed by atoms with Gasteiger partial charge in [-0.15, -0.1) is 0 Å². The molecule has 0 aromatic carbocycles. The lowest BCUT2D eigenvalue weighted by atomic mass is 10.1. The minimum atomic E-state index is -0.121. The van der Waals surface area contributed by atoms with Crippen LogP contribution in [0.25, 0.3) is 0 Å². The summed E-state index contributed by atoms with van der Waals surface area (Å²) in [6, 6.07) is 0. The van der Waals surface area contributed by atoms with Crippen LogP contribution in [0.15, 0.2) is 24.4 Å². The van der Waals surface area contributed by atoms with E-state index >= 15 is 0 Å². The highest BCUT2D eigenvalue weighted by Gasteiger charge is 2.12. The van der Waals surface area contributed by atoms with Gasteiger partial charge in [-0.2, -0.15) is 0 Å². The summed E-state index contributed by atoms with van der Waals surface area (Å²) in [5.74, 6) is -0.133. The Kier molecular flexibility index (Phi) is 23.9.